The molecule has 1 saturated heterocycles. The van der Waals surface area contributed by atoms with Crippen LogP contribution < -0.4 is 4.90 Å². The van der Waals surface area contributed by atoms with Crippen LogP contribution in [0.5, 0.6) is 0 Å². The molecule has 2 aromatic heterocycles. The number of likely N-dealkylation sites (N-methyl/N-ethyl adjacent to an activating group) is 1. The molecular weight excluding hydrogens is 328 g/mol. The van der Waals surface area contributed by atoms with Crippen molar-refractivity contribution >= 4 is 28.8 Å². The van der Waals surface area contributed by atoms with Crippen LogP contribution in [0.1, 0.15) is 35.9 Å². The van der Waals surface area contributed by atoms with Crippen molar-refractivity contribution in [1.82, 2.24) is 14.9 Å². The lowest BCUT2D eigenvalue weighted by Crippen LogP contribution is -2.35. The fourth-order valence-corrected chi connectivity index (χ4v) is 4.34. The number of hydrogen-bond acceptors (Lipinski definition) is 5. The SMILES string of the molecule is CN(c1ccnc(C2CC2)n1)C1CCN(Cc2ccc(Cl)s2)C1. The molecule has 1 aliphatic heterocycles. The Morgan fingerprint density at radius 2 is 2.17 bits per heavy atom. The van der Waals surface area contributed by atoms with Gasteiger partial charge in [0.25, 0.3) is 0 Å². The summed E-state index contributed by atoms with van der Waals surface area (Å²) in [5, 5.41) is 0. The molecule has 122 valence electrons. The van der Waals surface area contributed by atoms with Gasteiger partial charge in [0, 0.05) is 49.7 Å². The Balaban J connectivity index is 1.39. The van der Waals surface area contributed by atoms with Gasteiger partial charge in [-0.1, -0.05) is 11.6 Å². The van der Waals surface area contributed by atoms with Gasteiger partial charge >= 0.3 is 0 Å². The van der Waals surface area contributed by atoms with Gasteiger partial charge in [0.2, 0.25) is 0 Å². The first kappa shape index (κ1) is 15.4. The maximum absolute atomic E-state index is 6.03. The molecule has 1 aliphatic carbocycles. The van der Waals surface area contributed by atoms with Gasteiger partial charge < -0.3 is 4.90 Å². The van der Waals surface area contributed by atoms with E-state index in [-0.39, 0.29) is 0 Å². The zero-order chi connectivity index (χ0) is 15.8. The third kappa shape index (κ3) is 3.52. The normalized spacial score (nSPS) is 21.7. The van der Waals surface area contributed by atoms with E-state index in [1.807, 2.05) is 18.3 Å². The lowest BCUT2D eigenvalue weighted by molar-refractivity contribution is 0.329. The van der Waals surface area contributed by atoms with Crippen LogP contribution in [0.2, 0.25) is 4.34 Å². The Hall–Kier alpha value is -1.17. The van der Waals surface area contributed by atoms with Crippen molar-refractivity contribution in [3.8, 4) is 0 Å². The van der Waals surface area contributed by atoms with Crippen molar-refractivity contribution in [1.29, 1.82) is 0 Å². The number of anilines is 1. The summed E-state index contributed by atoms with van der Waals surface area (Å²) < 4.78 is 0.876. The molecule has 1 atom stereocenters. The molecule has 0 radical (unpaired) electrons. The second-order valence-electron chi connectivity index (χ2n) is 6.54. The smallest absolute Gasteiger partial charge is 0.133 e. The van der Waals surface area contributed by atoms with Crippen LogP contribution >= 0.6 is 22.9 Å². The number of hydrogen-bond donors (Lipinski definition) is 0. The van der Waals surface area contributed by atoms with Crippen LogP contribution in [0.25, 0.3) is 0 Å². The monoisotopic (exact) mass is 348 g/mol. The highest BCUT2D eigenvalue weighted by atomic mass is 35.5. The van der Waals surface area contributed by atoms with Crippen molar-refractivity contribution in [3.05, 3.63) is 39.4 Å². The summed E-state index contributed by atoms with van der Waals surface area (Å²) in [7, 11) is 2.16. The number of aromatic nitrogens is 2. The third-order valence-electron chi connectivity index (χ3n) is 4.77. The Morgan fingerprint density at radius 3 is 2.91 bits per heavy atom. The highest BCUT2D eigenvalue weighted by molar-refractivity contribution is 7.16. The standard InChI is InChI=1S/C17H21ClN4S/c1-21(16-6-8-19-17(20-16)12-2-3-12)13-7-9-22(10-13)11-14-4-5-15(18)23-14/h4-6,8,12-13H,2-3,7,9-11H2,1H3. The third-order valence-corrected chi connectivity index (χ3v) is 5.98. The van der Waals surface area contributed by atoms with Gasteiger partial charge in [-0.2, -0.15) is 0 Å². The van der Waals surface area contributed by atoms with E-state index in [2.05, 4.69) is 27.9 Å². The van der Waals surface area contributed by atoms with Crippen LogP contribution in [0.4, 0.5) is 5.82 Å². The minimum absolute atomic E-state index is 0.521. The van der Waals surface area contributed by atoms with Gasteiger partial charge in [0.15, 0.2) is 0 Å². The fraction of sp³-hybridized carbons (Fsp3) is 0.529. The lowest BCUT2D eigenvalue weighted by Gasteiger charge is -2.26. The Bertz CT molecular complexity index is 685. The number of nitrogens with zero attached hydrogens (tertiary/aromatic N) is 4. The molecule has 3 heterocycles. The first-order valence-electron chi connectivity index (χ1n) is 8.21. The molecule has 6 heteroatoms. The van der Waals surface area contributed by atoms with Gasteiger partial charge in [0.1, 0.15) is 11.6 Å². The number of halogens is 1. The quantitative estimate of drug-likeness (QED) is 0.823. The summed E-state index contributed by atoms with van der Waals surface area (Å²) in [5.41, 5.74) is 0. The van der Waals surface area contributed by atoms with Crippen molar-refractivity contribution < 1.29 is 0 Å². The summed E-state index contributed by atoms with van der Waals surface area (Å²) in [6.45, 7) is 3.21. The second-order valence-corrected chi connectivity index (χ2v) is 8.34. The van der Waals surface area contributed by atoms with Crippen LogP contribution in [0, 0.1) is 0 Å². The summed E-state index contributed by atoms with van der Waals surface area (Å²) in [4.78, 5) is 15.4. The van der Waals surface area contributed by atoms with E-state index in [9.17, 15) is 0 Å². The molecule has 23 heavy (non-hydrogen) atoms. The van der Waals surface area contributed by atoms with Crippen molar-refractivity contribution in [2.24, 2.45) is 0 Å². The molecule has 2 fully saturated rings. The number of likely N-dealkylation sites (tertiary alicyclic amines) is 1. The minimum atomic E-state index is 0.521. The van der Waals surface area contributed by atoms with Gasteiger partial charge in [-0.15, -0.1) is 11.3 Å². The van der Waals surface area contributed by atoms with Crippen LogP contribution in [-0.4, -0.2) is 41.0 Å². The first-order valence-corrected chi connectivity index (χ1v) is 9.41. The molecule has 1 saturated carbocycles. The average molecular weight is 349 g/mol. The number of thiophene rings is 1. The largest absolute Gasteiger partial charge is 0.355 e. The highest BCUT2D eigenvalue weighted by Crippen LogP contribution is 2.38. The Kier molecular flexibility index (Phi) is 4.26. The van der Waals surface area contributed by atoms with E-state index >= 15 is 0 Å². The Morgan fingerprint density at radius 1 is 1.30 bits per heavy atom. The minimum Gasteiger partial charge on any atom is -0.355 e. The topological polar surface area (TPSA) is 32.3 Å². The first-order chi connectivity index (χ1) is 11.2. The van der Waals surface area contributed by atoms with Crippen LogP contribution in [0.3, 0.4) is 0 Å². The van der Waals surface area contributed by atoms with E-state index in [1.54, 1.807) is 11.3 Å². The maximum Gasteiger partial charge on any atom is 0.133 e. The van der Waals surface area contributed by atoms with E-state index in [0.717, 1.165) is 35.6 Å². The number of rotatable bonds is 5. The molecule has 0 bridgehead atoms. The summed E-state index contributed by atoms with van der Waals surface area (Å²) >= 11 is 7.71. The van der Waals surface area contributed by atoms with Gasteiger partial charge in [-0.25, -0.2) is 9.97 Å². The van der Waals surface area contributed by atoms with E-state index < -0.39 is 0 Å². The fourth-order valence-electron chi connectivity index (χ4n) is 3.21. The van der Waals surface area contributed by atoms with Crippen LogP contribution in [-0.2, 0) is 6.54 Å². The van der Waals surface area contributed by atoms with Crippen molar-refractivity contribution in [2.45, 2.75) is 37.8 Å². The van der Waals surface area contributed by atoms with E-state index in [4.69, 9.17) is 16.6 Å². The molecule has 2 aromatic rings. The predicted octanol–water partition coefficient (Wildman–Crippen LogP) is 3.78. The van der Waals surface area contributed by atoms with E-state index in [1.165, 1.54) is 24.1 Å². The van der Waals surface area contributed by atoms with E-state index in [0.29, 0.717) is 12.0 Å². The van der Waals surface area contributed by atoms with Crippen molar-refractivity contribution in [3.63, 3.8) is 0 Å². The lowest BCUT2D eigenvalue weighted by atomic mass is 10.2. The molecular formula is C17H21ClN4S. The second kappa shape index (κ2) is 6.38. The van der Waals surface area contributed by atoms with Crippen LogP contribution in [0.15, 0.2) is 24.4 Å². The Labute approximate surface area is 146 Å². The molecule has 0 spiro atoms. The van der Waals surface area contributed by atoms with Gasteiger partial charge in [-0.3, -0.25) is 4.90 Å². The van der Waals surface area contributed by atoms with Gasteiger partial charge in [-0.05, 0) is 37.5 Å². The molecule has 0 aromatic carbocycles. The highest BCUT2D eigenvalue weighted by Gasteiger charge is 2.29. The molecule has 0 amide bonds. The zero-order valence-electron chi connectivity index (χ0n) is 13.3. The molecule has 1 unspecified atom stereocenters. The molecule has 4 nitrogen and oxygen atoms in total. The van der Waals surface area contributed by atoms with Crippen molar-refractivity contribution in [2.75, 3.05) is 25.0 Å². The summed E-state index contributed by atoms with van der Waals surface area (Å²) in [6.07, 6.45) is 5.58. The molecule has 2 aliphatic rings. The molecule has 4 rings (SSSR count). The zero-order valence-corrected chi connectivity index (χ0v) is 14.9. The van der Waals surface area contributed by atoms with Gasteiger partial charge in [0.05, 0.1) is 4.34 Å². The summed E-state index contributed by atoms with van der Waals surface area (Å²) in [5.74, 6) is 2.69. The average Bonchev–Trinajstić information content (AvgIpc) is 3.19. The molecule has 0 N–H and O–H groups in total. The summed E-state index contributed by atoms with van der Waals surface area (Å²) in [6, 6.07) is 6.68. The predicted molar refractivity (Wildman–Crippen MR) is 95.4 cm³/mol. The maximum atomic E-state index is 6.03.